The van der Waals surface area contributed by atoms with Crippen LogP contribution < -0.4 is 49.6 Å². The number of rotatable bonds is 24. The molecule has 4 aromatic carbocycles. The molecule has 0 amide bonds. The molecule has 5 heterocycles. The Bertz CT molecular complexity index is 2980. The van der Waals surface area contributed by atoms with Crippen LogP contribution in [-0.4, -0.2) is 116 Å². The molecule has 7 aromatic rings. The standard InChI is InChI=1S/C72H94N8.4ClH/c1-13-77(14-2,15-3)49-53-25-33-57(34-26-53)69-61-41-43-63(73-61)70(58-35-27-54(28-36-58)50-78(16-4,17-5)18-6)65-45-47-67(75-65)72(60-39-31-56(32-40-60)52-80(22-10,23-11)24-12)68-48-46-66(76-68)71(64-44-42-62(69)74-64)59-37-29-55(30-38-59)51-79(19-7,20-8)21-9;;;;/h25-48,73,76H,13-24,49-52H2,1-12H3;4*1H/q+4;;;;/p-4. The number of hydrogen-bond donors (Lipinski definition) is 2. The fraction of sp³-hybridized carbons (Fsp3) is 0.389. The zero-order chi connectivity index (χ0) is 56.7. The third-order valence-electron chi connectivity index (χ3n) is 19.8. The number of benzene rings is 4. The van der Waals surface area contributed by atoms with Gasteiger partial charge in [-0.25, -0.2) is 9.97 Å². The van der Waals surface area contributed by atoms with Crippen molar-refractivity contribution in [1.29, 1.82) is 0 Å². The largest absolute Gasteiger partial charge is 1.00 e. The van der Waals surface area contributed by atoms with Crippen molar-refractivity contribution in [3.63, 3.8) is 0 Å². The monoisotopic (exact) mass is 1210 g/mol. The second-order valence-corrected chi connectivity index (χ2v) is 23.1. The number of aromatic nitrogens is 4. The van der Waals surface area contributed by atoms with Gasteiger partial charge in [0, 0.05) is 66.6 Å². The number of nitrogens with one attached hydrogen (secondary N) is 2. The summed E-state index contributed by atoms with van der Waals surface area (Å²) >= 11 is 0. The van der Waals surface area contributed by atoms with Gasteiger partial charge < -0.3 is 77.5 Å². The molecule has 8 nitrogen and oxygen atoms in total. The van der Waals surface area contributed by atoms with E-state index in [2.05, 4.69) is 239 Å². The van der Waals surface area contributed by atoms with Crippen molar-refractivity contribution in [3.05, 3.63) is 166 Å². The van der Waals surface area contributed by atoms with E-state index in [0.717, 1.165) is 212 Å². The number of fused-ring (bicyclic) bond motifs is 8. The summed E-state index contributed by atoms with van der Waals surface area (Å²) in [6.45, 7) is 45.3. The predicted molar refractivity (Wildman–Crippen MR) is 343 cm³/mol. The minimum atomic E-state index is 0. The van der Waals surface area contributed by atoms with Crippen LogP contribution in [0.1, 0.15) is 128 Å². The second kappa shape index (κ2) is 30.2. The molecule has 2 N–H and O–H groups in total. The first-order valence-corrected chi connectivity index (χ1v) is 30.8. The van der Waals surface area contributed by atoms with Gasteiger partial charge in [0.05, 0.1) is 101 Å². The molecule has 0 spiro atoms. The molecule has 3 aromatic heterocycles. The van der Waals surface area contributed by atoms with E-state index in [1.54, 1.807) is 0 Å². The molecule has 0 unspecified atom stereocenters. The summed E-state index contributed by atoms with van der Waals surface area (Å²) in [5.41, 5.74) is 22.0. The van der Waals surface area contributed by atoms with E-state index in [-0.39, 0.29) is 49.6 Å². The van der Waals surface area contributed by atoms with Gasteiger partial charge in [-0.15, -0.1) is 0 Å². The number of hydrogen-bond acceptors (Lipinski definition) is 2. The average molecular weight is 1210 g/mol. The highest BCUT2D eigenvalue weighted by Crippen LogP contribution is 2.39. The van der Waals surface area contributed by atoms with Crippen molar-refractivity contribution in [1.82, 2.24) is 19.9 Å². The number of aromatic amines is 2. The lowest BCUT2D eigenvalue weighted by Gasteiger charge is -2.35. The molecule has 12 heteroatoms. The summed E-state index contributed by atoms with van der Waals surface area (Å²) in [5.74, 6) is 0. The summed E-state index contributed by atoms with van der Waals surface area (Å²) in [6, 6.07) is 46.4. The number of quaternary nitrogens is 4. The summed E-state index contributed by atoms with van der Waals surface area (Å²) in [5, 5.41) is 0. The Labute approximate surface area is 529 Å². The highest BCUT2D eigenvalue weighted by Gasteiger charge is 2.26. The quantitative estimate of drug-likeness (QED) is 0.0853. The van der Waals surface area contributed by atoms with E-state index in [4.69, 9.17) is 9.97 Å². The fourth-order valence-corrected chi connectivity index (χ4v) is 13.1. The number of H-pyrrole nitrogens is 2. The third-order valence-corrected chi connectivity index (χ3v) is 19.8. The van der Waals surface area contributed by atoms with Crippen LogP contribution in [0.5, 0.6) is 0 Å². The van der Waals surface area contributed by atoms with Crippen LogP contribution in [0.2, 0.25) is 0 Å². The summed E-state index contributed by atoms with van der Waals surface area (Å²) in [4.78, 5) is 19.5. The lowest BCUT2D eigenvalue weighted by atomic mass is 10.0. The second-order valence-electron chi connectivity index (χ2n) is 23.1. The van der Waals surface area contributed by atoms with Crippen molar-refractivity contribution in [3.8, 4) is 44.5 Å². The minimum absolute atomic E-state index is 0. The van der Waals surface area contributed by atoms with E-state index < -0.39 is 0 Å². The maximum atomic E-state index is 5.70. The van der Waals surface area contributed by atoms with Gasteiger partial charge in [-0.3, -0.25) is 0 Å². The Kier molecular flexibility index (Phi) is 24.9. The van der Waals surface area contributed by atoms with Crippen LogP contribution in [0.25, 0.3) is 90.9 Å². The first-order chi connectivity index (χ1) is 38.8. The van der Waals surface area contributed by atoms with Gasteiger partial charge in [0.2, 0.25) is 0 Å². The van der Waals surface area contributed by atoms with Crippen molar-refractivity contribution >= 4 is 46.4 Å². The fourth-order valence-electron chi connectivity index (χ4n) is 13.1. The summed E-state index contributed by atoms with van der Waals surface area (Å²) in [6.07, 6.45) is 8.93. The van der Waals surface area contributed by atoms with Crippen molar-refractivity contribution in [2.75, 3.05) is 78.5 Å². The number of nitrogens with zero attached hydrogens (tertiary/aromatic N) is 6. The lowest BCUT2D eigenvalue weighted by Crippen LogP contribution is -3.00. The Morgan fingerprint density at radius 3 is 0.571 bits per heavy atom. The molecule has 0 saturated carbocycles. The van der Waals surface area contributed by atoms with Gasteiger partial charge >= 0.3 is 0 Å². The molecule has 0 fully saturated rings. The molecule has 8 bridgehead atoms. The van der Waals surface area contributed by atoms with Crippen molar-refractivity contribution in [2.45, 2.75) is 109 Å². The van der Waals surface area contributed by atoms with Gasteiger partial charge in [-0.05, 0) is 154 Å². The molecule has 0 aliphatic carbocycles. The van der Waals surface area contributed by atoms with Crippen LogP contribution in [0.15, 0.2) is 121 Å². The maximum Gasteiger partial charge on any atom is 0.104 e. The van der Waals surface area contributed by atoms with E-state index in [1.807, 2.05) is 0 Å². The van der Waals surface area contributed by atoms with Crippen molar-refractivity contribution in [2.24, 2.45) is 0 Å². The predicted octanol–water partition coefficient (Wildman–Crippen LogP) is 4.85. The molecule has 84 heavy (non-hydrogen) atoms. The molecule has 2 aliphatic heterocycles. The highest BCUT2D eigenvalue weighted by atomic mass is 35.5. The van der Waals surface area contributed by atoms with Crippen LogP contribution in [0, 0.1) is 0 Å². The Hall–Kier alpha value is -5.52. The average Bonchev–Trinajstić information content (AvgIpc) is 4.40. The molecular weight excluding hydrogens is 1120 g/mol. The Morgan fingerprint density at radius 1 is 0.250 bits per heavy atom. The van der Waals surface area contributed by atoms with E-state index in [1.165, 1.54) is 22.3 Å². The van der Waals surface area contributed by atoms with Crippen LogP contribution >= 0.6 is 0 Å². The van der Waals surface area contributed by atoms with Gasteiger partial charge in [-0.1, -0.05) is 97.1 Å². The van der Waals surface area contributed by atoms with Gasteiger partial charge in [0.1, 0.15) is 26.2 Å². The van der Waals surface area contributed by atoms with Crippen LogP contribution in [0.4, 0.5) is 0 Å². The molecule has 0 atom stereocenters. The molecule has 0 saturated heterocycles. The zero-order valence-corrected chi connectivity index (χ0v) is 55.4. The topological polar surface area (TPSA) is 57.4 Å². The summed E-state index contributed by atoms with van der Waals surface area (Å²) in [7, 11) is 0. The lowest BCUT2D eigenvalue weighted by molar-refractivity contribution is -0.936. The number of halogens is 4. The van der Waals surface area contributed by atoms with Crippen LogP contribution in [-0.2, 0) is 26.2 Å². The molecule has 9 rings (SSSR count). The maximum absolute atomic E-state index is 5.70. The third kappa shape index (κ3) is 14.3. The Balaban J connectivity index is 0.00000323. The SMILES string of the molecule is CC[N+](CC)(CC)Cc1ccc(-c2c3nc(c(-c4ccc(C[N+](CC)(CC)CC)cc4)c4ccc([nH]4)c(-c4ccc(C[N+](CC)(CC)CC)cc4)c4nc(c(-c5ccc(C[N+](CC)(CC)CC)cc5)c5ccc2[nH]5)C=C4)C=C3)cc1.[Cl-].[Cl-].[Cl-].[Cl-]. The van der Waals surface area contributed by atoms with Crippen molar-refractivity contribution < 1.29 is 67.6 Å². The highest BCUT2D eigenvalue weighted by molar-refractivity contribution is 5.99. The molecule has 450 valence electrons. The van der Waals surface area contributed by atoms with Crippen LogP contribution in [0.3, 0.4) is 0 Å². The minimum Gasteiger partial charge on any atom is -1.00 e. The van der Waals surface area contributed by atoms with E-state index in [0.29, 0.717) is 0 Å². The molecular formula is C72H94Cl4N8. The normalized spacial score (nSPS) is 12.3. The molecule has 0 radical (unpaired) electrons. The smallest absolute Gasteiger partial charge is 0.104 e. The van der Waals surface area contributed by atoms with E-state index in [9.17, 15) is 0 Å². The zero-order valence-electron chi connectivity index (χ0n) is 52.4. The van der Waals surface area contributed by atoms with Gasteiger partial charge in [-0.2, -0.15) is 0 Å². The van der Waals surface area contributed by atoms with E-state index >= 15 is 0 Å². The first kappa shape index (κ1) is 69.3. The Morgan fingerprint density at radius 2 is 0.417 bits per heavy atom. The van der Waals surface area contributed by atoms with Gasteiger partial charge in [0.25, 0.3) is 0 Å². The summed E-state index contributed by atoms with van der Waals surface area (Å²) < 4.78 is 4.26. The first-order valence-electron chi connectivity index (χ1n) is 30.8. The molecule has 2 aliphatic rings. The van der Waals surface area contributed by atoms with Gasteiger partial charge in [0.15, 0.2) is 0 Å².